The van der Waals surface area contributed by atoms with Crippen LogP contribution in [0.25, 0.3) is 0 Å². The van der Waals surface area contributed by atoms with E-state index in [2.05, 4.69) is 29.8 Å². The molecule has 0 aromatic heterocycles. The molecule has 34 heavy (non-hydrogen) atoms. The molecule has 9 atom stereocenters. The van der Waals surface area contributed by atoms with E-state index >= 15 is 0 Å². The van der Waals surface area contributed by atoms with Crippen molar-refractivity contribution in [2.24, 2.45) is 23.7 Å². The number of ether oxygens (including phenoxy) is 4. The number of carbonyl (C=O) groups excluding carboxylic acids is 1. The van der Waals surface area contributed by atoms with E-state index in [1.807, 2.05) is 31.2 Å². The minimum atomic E-state index is -0.821. The quantitative estimate of drug-likeness (QED) is 0.341. The molecule has 6 rings (SSSR count). The molecule has 1 aliphatic carbocycles. The van der Waals surface area contributed by atoms with Gasteiger partial charge in [-0.25, -0.2) is 9.78 Å². The fraction of sp³-hybridized carbons (Fsp3) is 0.731. The summed E-state index contributed by atoms with van der Waals surface area (Å²) in [4.78, 5) is 24.0. The second-order valence-corrected chi connectivity index (χ2v) is 11.5. The van der Waals surface area contributed by atoms with E-state index in [9.17, 15) is 4.79 Å². The number of halogens is 1. The van der Waals surface area contributed by atoms with Gasteiger partial charge in [0.2, 0.25) is 5.79 Å². The topological polar surface area (TPSA) is 72.5 Å². The number of methoxy groups -OCH3 is 1. The van der Waals surface area contributed by atoms with Crippen LogP contribution >= 0.6 is 15.9 Å². The molecule has 1 spiro atoms. The number of hydrogen-bond acceptors (Lipinski definition) is 7. The monoisotopic (exact) mass is 538 g/mol. The SMILES string of the molecule is COC(=O)CC[C@H](O[C@H]1O[C@@H]2O[C@]3(C)CC[C@H]4[C@H](C)CCC([C@H]1C)[C@@]24OO3)c1ccc(Br)cc1. The molecular formula is C26H35BrO7. The Bertz CT molecular complexity index is 894. The third-order valence-electron chi connectivity index (χ3n) is 8.48. The van der Waals surface area contributed by atoms with Gasteiger partial charge in [0.05, 0.1) is 13.2 Å². The summed E-state index contributed by atoms with van der Waals surface area (Å²) in [5.41, 5.74) is 0.375. The third-order valence-corrected chi connectivity index (χ3v) is 9.00. The van der Waals surface area contributed by atoms with Crippen molar-refractivity contribution < 1.29 is 33.5 Å². The van der Waals surface area contributed by atoms with Crippen molar-refractivity contribution in [1.29, 1.82) is 0 Å². The zero-order chi connectivity index (χ0) is 24.1. The lowest BCUT2D eigenvalue weighted by Gasteiger charge is -2.60. The van der Waals surface area contributed by atoms with Crippen molar-refractivity contribution in [1.82, 2.24) is 0 Å². The molecule has 5 fully saturated rings. The number of esters is 1. The number of fused-ring (bicyclic) bond motifs is 2. The number of hydrogen-bond donors (Lipinski definition) is 0. The van der Waals surface area contributed by atoms with Crippen LogP contribution in [0.1, 0.15) is 71.0 Å². The first-order chi connectivity index (χ1) is 16.3. The van der Waals surface area contributed by atoms with Gasteiger partial charge in [-0.15, -0.1) is 0 Å². The van der Waals surface area contributed by atoms with Gasteiger partial charge in [-0.1, -0.05) is 41.9 Å². The lowest BCUT2D eigenvalue weighted by molar-refractivity contribution is -0.578. The number of rotatable bonds is 6. The van der Waals surface area contributed by atoms with E-state index in [-0.39, 0.29) is 30.3 Å². The lowest BCUT2D eigenvalue weighted by atomic mass is 9.58. The minimum Gasteiger partial charge on any atom is -0.469 e. The van der Waals surface area contributed by atoms with Crippen LogP contribution < -0.4 is 0 Å². The van der Waals surface area contributed by atoms with Gasteiger partial charge < -0.3 is 18.9 Å². The maximum absolute atomic E-state index is 11.9. The Hall–Kier alpha value is -1.03. The maximum Gasteiger partial charge on any atom is 0.305 e. The minimum absolute atomic E-state index is 0.0666. The van der Waals surface area contributed by atoms with Crippen molar-refractivity contribution in [3.8, 4) is 0 Å². The summed E-state index contributed by atoms with van der Waals surface area (Å²) >= 11 is 3.50. The predicted molar refractivity (Wildman–Crippen MR) is 126 cm³/mol. The van der Waals surface area contributed by atoms with Crippen molar-refractivity contribution in [3.05, 3.63) is 34.3 Å². The van der Waals surface area contributed by atoms with Gasteiger partial charge in [0.15, 0.2) is 18.2 Å². The summed E-state index contributed by atoms with van der Waals surface area (Å²) in [6.07, 6.45) is 3.31. The molecular weight excluding hydrogens is 504 g/mol. The Morgan fingerprint density at radius 3 is 2.65 bits per heavy atom. The first-order valence-corrected chi connectivity index (χ1v) is 13.2. The summed E-state index contributed by atoms with van der Waals surface area (Å²) in [5, 5.41) is 0. The molecule has 1 saturated carbocycles. The molecule has 1 aromatic carbocycles. The van der Waals surface area contributed by atoms with E-state index in [1.165, 1.54) is 7.11 Å². The largest absolute Gasteiger partial charge is 0.469 e. The lowest BCUT2D eigenvalue weighted by Crippen LogP contribution is -2.70. The van der Waals surface area contributed by atoms with Crippen LogP contribution in [0.5, 0.6) is 0 Å². The molecule has 0 radical (unpaired) electrons. The molecule has 188 valence electrons. The highest BCUT2D eigenvalue weighted by atomic mass is 79.9. The Morgan fingerprint density at radius 2 is 1.91 bits per heavy atom. The normalized spacial score (nSPS) is 41.9. The van der Waals surface area contributed by atoms with Gasteiger partial charge in [0, 0.05) is 29.2 Å². The number of carbonyl (C=O) groups is 1. The van der Waals surface area contributed by atoms with Crippen LogP contribution in [0.15, 0.2) is 28.7 Å². The molecule has 8 heteroatoms. The van der Waals surface area contributed by atoms with Crippen molar-refractivity contribution >= 4 is 21.9 Å². The van der Waals surface area contributed by atoms with E-state index < -0.39 is 24.0 Å². The molecule has 0 N–H and O–H groups in total. The Morgan fingerprint density at radius 1 is 1.15 bits per heavy atom. The third kappa shape index (κ3) is 4.24. The molecule has 4 saturated heterocycles. The maximum atomic E-state index is 11.9. The molecule has 4 heterocycles. The molecule has 2 bridgehead atoms. The van der Waals surface area contributed by atoms with Crippen LogP contribution in [0, 0.1) is 23.7 Å². The van der Waals surface area contributed by atoms with Crippen molar-refractivity contribution in [3.63, 3.8) is 0 Å². The fourth-order valence-electron chi connectivity index (χ4n) is 6.53. The van der Waals surface area contributed by atoms with Gasteiger partial charge in [-0.05, 0) is 62.1 Å². The van der Waals surface area contributed by atoms with Gasteiger partial charge in [0.25, 0.3) is 0 Å². The first kappa shape index (κ1) is 24.7. The summed E-state index contributed by atoms with van der Waals surface area (Å²) < 4.78 is 25.5. The van der Waals surface area contributed by atoms with Crippen LogP contribution in [0.2, 0.25) is 0 Å². The smallest absolute Gasteiger partial charge is 0.305 e. The highest BCUT2D eigenvalue weighted by molar-refractivity contribution is 9.10. The van der Waals surface area contributed by atoms with Gasteiger partial charge in [-0.2, -0.15) is 0 Å². The highest BCUT2D eigenvalue weighted by Crippen LogP contribution is 2.60. The second kappa shape index (κ2) is 9.45. The van der Waals surface area contributed by atoms with Crippen molar-refractivity contribution in [2.75, 3.05) is 7.11 Å². The molecule has 1 unspecified atom stereocenters. The summed E-state index contributed by atoms with van der Waals surface area (Å²) in [6.45, 7) is 6.41. The summed E-state index contributed by atoms with van der Waals surface area (Å²) in [5.74, 6) is -0.00288. The van der Waals surface area contributed by atoms with Gasteiger partial charge in [-0.3, -0.25) is 4.79 Å². The summed E-state index contributed by atoms with van der Waals surface area (Å²) in [7, 11) is 1.41. The second-order valence-electron chi connectivity index (χ2n) is 10.6. The van der Waals surface area contributed by atoms with Gasteiger partial charge >= 0.3 is 5.97 Å². The zero-order valence-corrected chi connectivity index (χ0v) is 21.9. The van der Waals surface area contributed by atoms with E-state index in [0.717, 1.165) is 35.7 Å². The van der Waals surface area contributed by atoms with Crippen LogP contribution in [0.4, 0.5) is 0 Å². The molecule has 1 aromatic rings. The molecule has 5 aliphatic rings. The highest BCUT2D eigenvalue weighted by Gasteiger charge is 2.69. The van der Waals surface area contributed by atoms with E-state index in [1.54, 1.807) is 0 Å². The zero-order valence-electron chi connectivity index (χ0n) is 20.3. The fourth-order valence-corrected chi connectivity index (χ4v) is 6.80. The molecule has 7 nitrogen and oxygen atoms in total. The summed E-state index contributed by atoms with van der Waals surface area (Å²) in [6, 6.07) is 8.00. The number of benzene rings is 1. The first-order valence-electron chi connectivity index (χ1n) is 12.4. The Kier molecular flexibility index (Phi) is 6.85. The standard InChI is InChI=1S/C26H35BrO7/c1-15-5-10-20-16(2)23(31-24-26(20)19(15)13-14-25(3,32-24)33-34-26)30-21(11-12-22(28)29-4)17-6-8-18(27)9-7-17/h6-9,15-16,19-21,23-24H,5,10-14H2,1-4H3/t15-,16-,19+,20?,21+,23+,24-,25+,26-/m1/s1. The van der Waals surface area contributed by atoms with Crippen LogP contribution in [-0.2, 0) is 33.5 Å². The Balaban J connectivity index is 1.42. The van der Waals surface area contributed by atoms with Crippen LogP contribution in [-0.4, -0.2) is 37.0 Å². The van der Waals surface area contributed by atoms with Gasteiger partial charge in [0.1, 0.15) is 0 Å². The average Bonchev–Trinajstić information content (AvgIpc) is 3.06. The Labute approximate surface area is 209 Å². The molecule has 0 amide bonds. The average molecular weight is 539 g/mol. The predicted octanol–water partition coefficient (Wildman–Crippen LogP) is 5.67. The van der Waals surface area contributed by atoms with E-state index in [0.29, 0.717) is 18.3 Å². The molecule has 4 aliphatic heterocycles. The van der Waals surface area contributed by atoms with Crippen molar-refractivity contribution in [2.45, 2.75) is 89.4 Å². The van der Waals surface area contributed by atoms with Crippen LogP contribution in [0.3, 0.4) is 0 Å². The van der Waals surface area contributed by atoms with E-state index in [4.69, 9.17) is 28.7 Å².